The van der Waals surface area contributed by atoms with Gasteiger partial charge in [-0.2, -0.15) is 0 Å². The highest BCUT2D eigenvalue weighted by atomic mass is 35.5. The minimum absolute atomic E-state index is 0.442. The molecule has 0 radical (unpaired) electrons. The van der Waals surface area contributed by atoms with Gasteiger partial charge in [0.1, 0.15) is 11.5 Å². The minimum Gasteiger partial charge on any atom is -0.497 e. The highest BCUT2D eigenvalue weighted by Gasteiger charge is 2.08. The van der Waals surface area contributed by atoms with E-state index in [2.05, 4.69) is 0 Å². The maximum Gasteiger partial charge on any atom is 0.138 e. The molecule has 0 spiro atoms. The first-order chi connectivity index (χ1) is 9.19. The van der Waals surface area contributed by atoms with E-state index >= 15 is 0 Å². The Morgan fingerprint density at radius 3 is 2.47 bits per heavy atom. The molecule has 3 nitrogen and oxygen atoms in total. The van der Waals surface area contributed by atoms with Gasteiger partial charge in [0.05, 0.1) is 19.2 Å². The Labute approximate surface area is 117 Å². The number of nitrogens with two attached hydrogens (primary N) is 1. The number of hydrogen-bond donors (Lipinski definition) is 1. The van der Waals surface area contributed by atoms with Crippen molar-refractivity contribution in [1.82, 2.24) is 0 Å². The number of rotatable bonds is 4. The molecule has 0 heterocycles. The van der Waals surface area contributed by atoms with Gasteiger partial charge in [-0.15, -0.1) is 0 Å². The van der Waals surface area contributed by atoms with Crippen molar-refractivity contribution in [3.63, 3.8) is 0 Å². The number of ether oxygens (including phenoxy) is 2. The summed E-state index contributed by atoms with van der Waals surface area (Å²) in [4.78, 5) is 0. The highest BCUT2D eigenvalue weighted by Crippen LogP contribution is 2.33. The molecular weight excluding hydrogens is 262 g/mol. The normalized spacial score (nSPS) is 10.3. The largest absolute Gasteiger partial charge is 0.497 e. The predicted molar refractivity (Wildman–Crippen MR) is 77.9 cm³/mol. The van der Waals surface area contributed by atoms with Crippen LogP contribution in [0, 0.1) is 0 Å². The Kier molecular flexibility index (Phi) is 4.30. The Hall–Kier alpha value is -1.71. The van der Waals surface area contributed by atoms with E-state index in [1.807, 2.05) is 36.4 Å². The third-order valence-corrected chi connectivity index (χ3v) is 3.31. The van der Waals surface area contributed by atoms with Gasteiger partial charge in [-0.1, -0.05) is 23.7 Å². The van der Waals surface area contributed by atoms with Crippen molar-refractivity contribution in [3.8, 4) is 22.6 Å². The van der Waals surface area contributed by atoms with E-state index in [0.717, 1.165) is 22.4 Å². The second-order valence-corrected chi connectivity index (χ2v) is 4.48. The molecule has 0 unspecified atom stereocenters. The van der Waals surface area contributed by atoms with Gasteiger partial charge < -0.3 is 15.2 Å². The van der Waals surface area contributed by atoms with E-state index < -0.39 is 0 Å². The lowest BCUT2D eigenvalue weighted by Crippen LogP contribution is -2.00. The van der Waals surface area contributed by atoms with Gasteiger partial charge in [0.25, 0.3) is 0 Å². The van der Waals surface area contributed by atoms with Crippen LogP contribution in [0.25, 0.3) is 11.1 Å². The number of benzene rings is 2. The Morgan fingerprint density at radius 2 is 1.84 bits per heavy atom. The van der Waals surface area contributed by atoms with Gasteiger partial charge in [-0.3, -0.25) is 0 Å². The van der Waals surface area contributed by atoms with E-state index in [1.165, 1.54) is 0 Å². The average molecular weight is 278 g/mol. The minimum atomic E-state index is 0.442. The first-order valence-electron chi connectivity index (χ1n) is 5.90. The predicted octanol–water partition coefficient (Wildman–Crippen LogP) is 3.48. The van der Waals surface area contributed by atoms with Crippen LogP contribution in [0.3, 0.4) is 0 Å². The third-order valence-electron chi connectivity index (χ3n) is 2.99. The Morgan fingerprint density at radius 1 is 1.05 bits per heavy atom. The van der Waals surface area contributed by atoms with Gasteiger partial charge in [0.2, 0.25) is 0 Å². The fourth-order valence-corrected chi connectivity index (χ4v) is 2.17. The lowest BCUT2D eigenvalue weighted by atomic mass is 9.99. The van der Waals surface area contributed by atoms with Crippen LogP contribution in [0.2, 0.25) is 5.02 Å². The Bertz CT molecular complexity index is 584. The third kappa shape index (κ3) is 2.83. The van der Waals surface area contributed by atoms with E-state index in [1.54, 1.807) is 14.2 Å². The summed E-state index contributed by atoms with van der Waals surface area (Å²) in [6.45, 7) is 0.442. The van der Waals surface area contributed by atoms with E-state index in [9.17, 15) is 0 Å². The fourth-order valence-electron chi connectivity index (χ4n) is 1.97. The summed E-state index contributed by atoms with van der Waals surface area (Å²) in [6.07, 6.45) is 0. The Balaban J connectivity index is 2.52. The summed E-state index contributed by atoms with van der Waals surface area (Å²) in [5.41, 5.74) is 8.89. The first-order valence-corrected chi connectivity index (χ1v) is 6.28. The van der Waals surface area contributed by atoms with Crippen molar-refractivity contribution in [1.29, 1.82) is 0 Å². The van der Waals surface area contributed by atoms with Gasteiger partial charge in [0.15, 0.2) is 0 Å². The summed E-state index contributed by atoms with van der Waals surface area (Å²) < 4.78 is 10.4. The van der Waals surface area contributed by atoms with Crippen LogP contribution in [0.4, 0.5) is 0 Å². The zero-order valence-electron chi connectivity index (χ0n) is 10.9. The second-order valence-electron chi connectivity index (χ2n) is 4.08. The van der Waals surface area contributed by atoms with Crippen LogP contribution in [-0.2, 0) is 6.54 Å². The highest BCUT2D eigenvalue weighted by molar-refractivity contribution is 6.32. The van der Waals surface area contributed by atoms with E-state index in [0.29, 0.717) is 17.3 Å². The lowest BCUT2D eigenvalue weighted by Gasteiger charge is -2.12. The molecule has 4 heteroatoms. The number of halogens is 1. The maximum atomic E-state index is 6.04. The zero-order valence-corrected chi connectivity index (χ0v) is 11.7. The molecule has 0 aliphatic rings. The van der Waals surface area contributed by atoms with E-state index in [-0.39, 0.29) is 0 Å². The monoisotopic (exact) mass is 277 g/mol. The smallest absolute Gasteiger partial charge is 0.138 e. The number of methoxy groups -OCH3 is 2. The van der Waals surface area contributed by atoms with Crippen LogP contribution >= 0.6 is 11.6 Å². The molecule has 100 valence electrons. The zero-order chi connectivity index (χ0) is 13.8. The molecule has 0 saturated carbocycles. The van der Waals surface area contributed by atoms with Crippen molar-refractivity contribution >= 4 is 11.6 Å². The molecule has 19 heavy (non-hydrogen) atoms. The fraction of sp³-hybridized carbons (Fsp3) is 0.200. The second kappa shape index (κ2) is 5.95. The molecule has 2 aromatic carbocycles. The molecule has 0 saturated heterocycles. The van der Waals surface area contributed by atoms with E-state index in [4.69, 9.17) is 26.8 Å². The molecule has 0 atom stereocenters. The molecule has 0 aliphatic carbocycles. The summed E-state index contributed by atoms with van der Waals surface area (Å²) in [6, 6.07) is 11.5. The molecule has 2 rings (SSSR count). The van der Waals surface area contributed by atoms with Crippen molar-refractivity contribution in [3.05, 3.63) is 47.0 Å². The molecule has 0 bridgehead atoms. The topological polar surface area (TPSA) is 44.5 Å². The molecule has 0 aliphatic heterocycles. The SMILES string of the molecule is COc1ccc(-c2ccc(Cl)c(OC)c2)c(CN)c1. The first kappa shape index (κ1) is 13.7. The van der Waals surface area contributed by atoms with Crippen LogP contribution in [-0.4, -0.2) is 14.2 Å². The molecule has 0 amide bonds. The molecular formula is C15H16ClNO2. The van der Waals surface area contributed by atoms with Crippen molar-refractivity contribution < 1.29 is 9.47 Å². The van der Waals surface area contributed by atoms with Gasteiger partial charge in [0, 0.05) is 6.54 Å². The van der Waals surface area contributed by atoms with Crippen LogP contribution in [0.1, 0.15) is 5.56 Å². The standard InChI is InChI=1S/C15H16ClNO2/c1-18-12-4-5-13(11(7-12)9-17)10-3-6-14(16)15(8-10)19-2/h3-8H,9,17H2,1-2H3. The maximum absolute atomic E-state index is 6.04. The van der Waals surface area contributed by atoms with Crippen LogP contribution < -0.4 is 15.2 Å². The summed E-state index contributed by atoms with van der Waals surface area (Å²) in [5.74, 6) is 1.45. The van der Waals surface area contributed by atoms with Crippen molar-refractivity contribution in [2.45, 2.75) is 6.54 Å². The summed E-state index contributed by atoms with van der Waals surface area (Å²) in [7, 11) is 3.24. The summed E-state index contributed by atoms with van der Waals surface area (Å²) in [5, 5.41) is 0.592. The molecule has 0 fully saturated rings. The van der Waals surface area contributed by atoms with Gasteiger partial charge >= 0.3 is 0 Å². The molecule has 2 N–H and O–H groups in total. The van der Waals surface area contributed by atoms with Gasteiger partial charge in [-0.25, -0.2) is 0 Å². The average Bonchev–Trinajstić information content (AvgIpc) is 2.47. The van der Waals surface area contributed by atoms with Crippen LogP contribution in [0.15, 0.2) is 36.4 Å². The lowest BCUT2D eigenvalue weighted by molar-refractivity contribution is 0.414. The van der Waals surface area contributed by atoms with Crippen LogP contribution in [0.5, 0.6) is 11.5 Å². The van der Waals surface area contributed by atoms with Crippen molar-refractivity contribution in [2.24, 2.45) is 5.73 Å². The van der Waals surface area contributed by atoms with Gasteiger partial charge in [-0.05, 0) is 41.0 Å². The molecule has 0 aromatic heterocycles. The molecule has 2 aromatic rings. The summed E-state index contributed by atoms with van der Waals surface area (Å²) >= 11 is 6.04. The quantitative estimate of drug-likeness (QED) is 0.930. The van der Waals surface area contributed by atoms with Crippen molar-refractivity contribution in [2.75, 3.05) is 14.2 Å². The number of hydrogen-bond acceptors (Lipinski definition) is 3.